The molecule has 1 atom stereocenters. The number of rotatable bonds is 4. The Morgan fingerprint density at radius 3 is 2.57 bits per heavy atom. The van der Waals surface area contributed by atoms with Crippen LogP contribution in [0, 0.1) is 10.1 Å². The fraction of sp³-hybridized carbons (Fsp3) is 0.125. The minimum absolute atomic E-state index is 0.0377. The van der Waals surface area contributed by atoms with Crippen LogP contribution in [0.4, 0.5) is 5.69 Å². The number of fused-ring (bicyclic) bond motifs is 1. The minimum atomic E-state index is -0.693. The highest BCUT2D eigenvalue weighted by Crippen LogP contribution is 2.29. The second-order valence-corrected chi connectivity index (χ2v) is 4.88. The summed E-state index contributed by atoms with van der Waals surface area (Å²) < 4.78 is 10.1. The van der Waals surface area contributed by atoms with Crippen molar-refractivity contribution in [3.8, 4) is 0 Å². The molecule has 0 aliphatic heterocycles. The highest BCUT2D eigenvalue weighted by Gasteiger charge is 2.25. The molecule has 0 saturated heterocycles. The van der Waals surface area contributed by atoms with Gasteiger partial charge in [-0.05, 0) is 23.3 Å². The maximum absolute atomic E-state index is 12.2. The van der Waals surface area contributed by atoms with Gasteiger partial charge < -0.3 is 9.15 Å². The highest BCUT2D eigenvalue weighted by atomic mass is 16.6. The number of methoxy groups -OCH3 is 1. The van der Waals surface area contributed by atoms with E-state index in [1.165, 1.54) is 25.6 Å². The maximum Gasteiger partial charge on any atom is 0.317 e. The van der Waals surface area contributed by atoms with E-state index in [0.29, 0.717) is 22.2 Å². The van der Waals surface area contributed by atoms with E-state index < -0.39 is 16.8 Å². The van der Waals surface area contributed by atoms with Crippen molar-refractivity contribution in [2.24, 2.45) is 0 Å². The topological polar surface area (TPSA) is 95.5 Å². The number of hydrogen-bond donors (Lipinski definition) is 0. The minimum Gasteiger partial charge on any atom is -0.468 e. The van der Waals surface area contributed by atoms with E-state index >= 15 is 0 Å². The van der Waals surface area contributed by atoms with E-state index in [2.05, 4.69) is 4.98 Å². The normalized spacial score (nSPS) is 12.0. The van der Waals surface area contributed by atoms with Gasteiger partial charge in [-0.3, -0.25) is 14.9 Å². The third-order valence-corrected chi connectivity index (χ3v) is 3.56. The third kappa shape index (κ3) is 2.76. The summed E-state index contributed by atoms with van der Waals surface area (Å²) in [7, 11) is 1.30. The third-order valence-electron chi connectivity index (χ3n) is 3.56. The number of aromatic nitrogens is 1. The van der Waals surface area contributed by atoms with Gasteiger partial charge in [0.05, 0.1) is 12.0 Å². The number of carbonyl (C=O) groups excluding carboxylic acids is 1. The van der Waals surface area contributed by atoms with Gasteiger partial charge in [0.15, 0.2) is 12.0 Å². The van der Waals surface area contributed by atoms with Gasteiger partial charge in [-0.15, -0.1) is 0 Å². The zero-order valence-corrected chi connectivity index (χ0v) is 12.1. The van der Waals surface area contributed by atoms with Gasteiger partial charge in [0, 0.05) is 12.1 Å². The number of nitro groups is 1. The molecule has 7 nitrogen and oxygen atoms in total. The molecular formula is C16H12N2O5. The Labute approximate surface area is 130 Å². The van der Waals surface area contributed by atoms with Crippen molar-refractivity contribution in [2.45, 2.75) is 5.92 Å². The van der Waals surface area contributed by atoms with E-state index in [-0.39, 0.29) is 5.69 Å². The molecular weight excluding hydrogens is 300 g/mol. The maximum atomic E-state index is 12.2. The molecule has 1 unspecified atom stereocenters. The number of nitro benzene ring substituents is 1. The molecule has 0 aliphatic carbocycles. The summed E-state index contributed by atoms with van der Waals surface area (Å²) >= 11 is 0. The molecule has 7 heteroatoms. The van der Waals surface area contributed by atoms with Crippen LogP contribution in [0.15, 0.2) is 53.3 Å². The summed E-state index contributed by atoms with van der Waals surface area (Å²) in [4.78, 5) is 26.5. The lowest BCUT2D eigenvalue weighted by molar-refractivity contribution is -0.384. The van der Waals surface area contributed by atoms with Crippen molar-refractivity contribution in [1.29, 1.82) is 0 Å². The summed E-state index contributed by atoms with van der Waals surface area (Å²) in [5.41, 5.74) is 2.47. The van der Waals surface area contributed by atoms with Crippen molar-refractivity contribution >= 4 is 22.8 Å². The van der Waals surface area contributed by atoms with E-state index in [4.69, 9.17) is 9.15 Å². The first kappa shape index (κ1) is 14.7. The SMILES string of the molecule is COC(=O)C(c1ccc([N+](=O)[O-])cc1)c1ccc2ocnc2c1. The summed E-state index contributed by atoms with van der Waals surface area (Å²) in [6, 6.07) is 11.0. The van der Waals surface area contributed by atoms with Gasteiger partial charge in [-0.25, -0.2) is 4.98 Å². The van der Waals surface area contributed by atoms with Gasteiger partial charge in [-0.2, -0.15) is 0 Å². The van der Waals surface area contributed by atoms with Crippen LogP contribution in [0.1, 0.15) is 17.0 Å². The average Bonchev–Trinajstić information content (AvgIpc) is 3.03. The molecule has 0 saturated carbocycles. The molecule has 0 N–H and O–H groups in total. The van der Waals surface area contributed by atoms with Crippen LogP contribution >= 0.6 is 0 Å². The van der Waals surface area contributed by atoms with Gasteiger partial charge in [0.2, 0.25) is 0 Å². The number of hydrogen-bond acceptors (Lipinski definition) is 6. The first-order valence-electron chi connectivity index (χ1n) is 6.75. The molecule has 1 heterocycles. The van der Waals surface area contributed by atoms with Gasteiger partial charge in [0.25, 0.3) is 5.69 Å². The molecule has 3 rings (SSSR count). The predicted octanol–water partition coefficient (Wildman–Crippen LogP) is 3.04. The van der Waals surface area contributed by atoms with Crippen LogP contribution in [-0.4, -0.2) is 23.0 Å². The van der Waals surface area contributed by atoms with E-state index in [0.717, 1.165) is 0 Å². The lowest BCUT2D eigenvalue weighted by atomic mass is 9.91. The summed E-state index contributed by atoms with van der Waals surface area (Å²) in [5, 5.41) is 10.8. The Morgan fingerprint density at radius 2 is 1.91 bits per heavy atom. The summed E-state index contributed by atoms with van der Waals surface area (Å²) in [6.45, 7) is 0. The number of non-ortho nitro benzene ring substituents is 1. The molecule has 0 bridgehead atoms. The van der Waals surface area contributed by atoms with Crippen LogP contribution in [0.2, 0.25) is 0 Å². The molecule has 2 aromatic carbocycles. The number of oxazole rings is 1. The fourth-order valence-corrected chi connectivity index (χ4v) is 2.43. The van der Waals surface area contributed by atoms with Gasteiger partial charge in [0.1, 0.15) is 11.4 Å². The summed E-state index contributed by atoms with van der Waals surface area (Å²) in [6.07, 6.45) is 1.33. The van der Waals surface area contributed by atoms with Crippen molar-refractivity contribution in [3.63, 3.8) is 0 Å². The summed E-state index contributed by atoms with van der Waals surface area (Å²) in [5.74, 6) is -1.15. The Hall–Kier alpha value is -3.22. The Morgan fingerprint density at radius 1 is 1.22 bits per heavy atom. The van der Waals surface area contributed by atoms with Crippen molar-refractivity contribution in [2.75, 3.05) is 7.11 Å². The van der Waals surface area contributed by atoms with Crippen molar-refractivity contribution < 1.29 is 18.9 Å². The van der Waals surface area contributed by atoms with Crippen LogP contribution in [0.3, 0.4) is 0 Å². The molecule has 0 fully saturated rings. The molecule has 3 aromatic rings. The van der Waals surface area contributed by atoms with Crippen LogP contribution in [0.5, 0.6) is 0 Å². The van der Waals surface area contributed by atoms with Gasteiger partial charge >= 0.3 is 5.97 Å². The number of esters is 1. The van der Waals surface area contributed by atoms with E-state index in [1.54, 1.807) is 30.3 Å². The van der Waals surface area contributed by atoms with E-state index in [9.17, 15) is 14.9 Å². The zero-order valence-electron chi connectivity index (χ0n) is 12.1. The Bertz CT molecular complexity index is 870. The number of ether oxygens (including phenoxy) is 1. The van der Waals surface area contributed by atoms with Crippen molar-refractivity contribution in [3.05, 3.63) is 70.1 Å². The monoisotopic (exact) mass is 312 g/mol. The second kappa shape index (κ2) is 5.88. The lowest BCUT2D eigenvalue weighted by Gasteiger charge is -2.15. The molecule has 116 valence electrons. The van der Waals surface area contributed by atoms with Crippen LogP contribution < -0.4 is 0 Å². The smallest absolute Gasteiger partial charge is 0.317 e. The van der Waals surface area contributed by atoms with Crippen LogP contribution in [0.25, 0.3) is 11.1 Å². The quantitative estimate of drug-likeness (QED) is 0.417. The molecule has 0 radical (unpaired) electrons. The fourth-order valence-electron chi connectivity index (χ4n) is 2.43. The largest absolute Gasteiger partial charge is 0.468 e. The molecule has 0 spiro atoms. The zero-order chi connectivity index (χ0) is 16.4. The predicted molar refractivity (Wildman–Crippen MR) is 81.0 cm³/mol. The van der Waals surface area contributed by atoms with Gasteiger partial charge in [-0.1, -0.05) is 18.2 Å². The molecule has 0 aliphatic rings. The van der Waals surface area contributed by atoms with Crippen molar-refractivity contribution in [1.82, 2.24) is 4.98 Å². The number of nitrogens with zero attached hydrogens (tertiary/aromatic N) is 2. The Kier molecular flexibility index (Phi) is 3.76. The second-order valence-electron chi connectivity index (χ2n) is 4.88. The van der Waals surface area contributed by atoms with Crippen LogP contribution in [-0.2, 0) is 9.53 Å². The number of carbonyl (C=O) groups is 1. The van der Waals surface area contributed by atoms with E-state index in [1.807, 2.05) is 0 Å². The standard InChI is InChI=1S/C16H12N2O5/c1-22-16(19)15(10-2-5-12(6-3-10)18(20)21)11-4-7-14-13(8-11)17-9-23-14/h2-9,15H,1H3. The first-order valence-corrected chi connectivity index (χ1v) is 6.75. The average molecular weight is 312 g/mol. The lowest BCUT2D eigenvalue weighted by Crippen LogP contribution is -2.15. The first-order chi connectivity index (χ1) is 11.1. The molecule has 0 amide bonds. The molecule has 23 heavy (non-hydrogen) atoms. The Balaban J connectivity index is 2.06. The molecule has 1 aromatic heterocycles. The highest BCUT2D eigenvalue weighted by molar-refractivity contribution is 5.84. The number of benzene rings is 2.